The maximum atomic E-state index is 13.0. The topological polar surface area (TPSA) is 49.8 Å². The zero-order valence-electron chi connectivity index (χ0n) is 14.3. The molecule has 0 aliphatic carbocycles. The van der Waals surface area contributed by atoms with E-state index in [0.717, 1.165) is 5.56 Å². The third-order valence-corrected chi connectivity index (χ3v) is 4.72. The lowest BCUT2D eigenvalue weighted by atomic mass is 9.93. The molecule has 1 saturated heterocycles. The maximum absolute atomic E-state index is 13.0. The Morgan fingerprint density at radius 1 is 1.27 bits per heavy atom. The lowest BCUT2D eigenvalue weighted by Crippen LogP contribution is -2.53. The summed E-state index contributed by atoms with van der Waals surface area (Å²) >= 11 is 5.93. The van der Waals surface area contributed by atoms with Crippen LogP contribution in [0.5, 0.6) is 5.75 Å². The highest BCUT2D eigenvalue weighted by molar-refractivity contribution is 6.30. The Bertz CT molecular complexity index is 768. The number of benzene rings is 2. The number of likely N-dealkylation sites (tertiary alicyclic amines) is 1. The summed E-state index contributed by atoms with van der Waals surface area (Å²) in [5, 5.41) is 11.4. The number of rotatable bonds is 5. The number of hydrogen-bond donors (Lipinski definition) is 1. The van der Waals surface area contributed by atoms with Crippen LogP contribution in [0.25, 0.3) is 0 Å². The lowest BCUT2D eigenvalue weighted by Gasteiger charge is -2.39. The maximum Gasteiger partial charge on any atom is 0.227 e. The summed E-state index contributed by atoms with van der Waals surface area (Å²) in [5.74, 6) is 0.171. The van der Waals surface area contributed by atoms with Crippen molar-refractivity contribution in [2.75, 3.05) is 19.7 Å². The molecule has 1 atom stereocenters. The molecule has 6 heteroatoms. The molecule has 0 radical (unpaired) electrons. The zero-order chi connectivity index (χ0) is 18.6. The Labute approximate surface area is 157 Å². The van der Waals surface area contributed by atoms with Gasteiger partial charge in [0.05, 0.1) is 13.0 Å². The fourth-order valence-electron chi connectivity index (χ4n) is 3.11. The fourth-order valence-corrected chi connectivity index (χ4v) is 3.29. The molecule has 4 nitrogen and oxygen atoms in total. The van der Waals surface area contributed by atoms with Crippen molar-refractivity contribution in [2.45, 2.75) is 24.9 Å². The third kappa shape index (κ3) is 4.96. The smallest absolute Gasteiger partial charge is 0.227 e. The van der Waals surface area contributed by atoms with Crippen molar-refractivity contribution in [1.29, 1.82) is 0 Å². The van der Waals surface area contributed by atoms with Crippen molar-refractivity contribution in [3.8, 4) is 5.75 Å². The summed E-state index contributed by atoms with van der Waals surface area (Å²) in [6.45, 7) is 0.904. The van der Waals surface area contributed by atoms with E-state index in [-0.39, 0.29) is 31.3 Å². The van der Waals surface area contributed by atoms with E-state index in [1.54, 1.807) is 41.3 Å². The van der Waals surface area contributed by atoms with E-state index < -0.39 is 5.60 Å². The van der Waals surface area contributed by atoms with Crippen LogP contribution in [-0.2, 0) is 11.2 Å². The van der Waals surface area contributed by atoms with Gasteiger partial charge in [-0.1, -0.05) is 29.8 Å². The molecular formula is C20H21ClFNO3. The van der Waals surface area contributed by atoms with Gasteiger partial charge >= 0.3 is 0 Å². The third-order valence-electron chi connectivity index (χ3n) is 4.48. The van der Waals surface area contributed by atoms with Gasteiger partial charge in [-0.2, -0.15) is 0 Å². The van der Waals surface area contributed by atoms with Gasteiger partial charge in [0, 0.05) is 11.6 Å². The normalized spacial score (nSPS) is 20.0. The van der Waals surface area contributed by atoms with E-state index in [0.29, 0.717) is 30.2 Å². The van der Waals surface area contributed by atoms with Gasteiger partial charge in [0.15, 0.2) is 0 Å². The first kappa shape index (κ1) is 18.7. The second-order valence-electron chi connectivity index (χ2n) is 6.69. The van der Waals surface area contributed by atoms with Crippen LogP contribution in [0.3, 0.4) is 0 Å². The molecule has 1 N–H and O–H groups in total. The standard InChI is InChI=1S/C20H21ClFNO3/c21-16-3-1-4-18(12-16)26-14-20(25)9-2-10-23(13-20)19(24)11-15-5-7-17(22)8-6-15/h1,3-8,12,25H,2,9-11,13-14H2. The largest absolute Gasteiger partial charge is 0.490 e. The number of halogens is 2. The average molecular weight is 378 g/mol. The minimum Gasteiger partial charge on any atom is -0.490 e. The van der Waals surface area contributed by atoms with Crippen molar-refractivity contribution in [1.82, 2.24) is 4.90 Å². The molecule has 0 aromatic heterocycles. The van der Waals surface area contributed by atoms with Crippen molar-refractivity contribution in [2.24, 2.45) is 0 Å². The van der Waals surface area contributed by atoms with Gasteiger partial charge in [-0.25, -0.2) is 4.39 Å². The van der Waals surface area contributed by atoms with Crippen LogP contribution in [0.4, 0.5) is 4.39 Å². The first-order valence-electron chi connectivity index (χ1n) is 8.57. The van der Waals surface area contributed by atoms with Crippen LogP contribution in [0, 0.1) is 5.82 Å². The molecule has 0 spiro atoms. The SMILES string of the molecule is O=C(Cc1ccc(F)cc1)N1CCCC(O)(COc2cccc(Cl)c2)C1. The number of carbonyl (C=O) groups is 1. The summed E-state index contributed by atoms with van der Waals surface area (Å²) in [7, 11) is 0. The molecule has 1 amide bonds. The molecule has 138 valence electrons. The highest BCUT2D eigenvalue weighted by Crippen LogP contribution is 2.24. The fraction of sp³-hybridized carbons (Fsp3) is 0.350. The molecule has 0 saturated carbocycles. The summed E-state index contributed by atoms with van der Waals surface area (Å²) in [4.78, 5) is 14.2. The first-order chi connectivity index (χ1) is 12.4. The number of ether oxygens (including phenoxy) is 1. The second kappa shape index (κ2) is 8.06. The molecular weight excluding hydrogens is 357 g/mol. The average Bonchev–Trinajstić information content (AvgIpc) is 2.62. The molecule has 0 bridgehead atoms. The highest BCUT2D eigenvalue weighted by Gasteiger charge is 2.36. The highest BCUT2D eigenvalue weighted by atomic mass is 35.5. The van der Waals surface area contributed by atoms with Crippen LogP contribution in [-0.4, -0.2) is 41.2 Å². The Morgan fingerprint density at radius 3 is 2.77 bits per heavy atom. The van der Waals surface area contributed by atoms with E-state index in [1.807, 2.05) is 0 Å². The Hall–Kier alpha value is -2.11. The van der Waals surface area contributed by atoms with E-state index in [1.165, 1.54) is 12.1 Å². The quantitative estimate of drug-likeness (QED) is 0.868. The molecule has 1 unspecified atom stereocenters. The predicted molar refractivity (Wildman–Crippen MR) is 97.8 cm³/mol. The summed E-state index contributed by atoms with van der Waals surface area (Å²) in [6, 6.07) is 12.9. The second-order valence-corrected chi connectivity index (χ2v) is 7.13. The molecule has 1 heterocycles. The van der Waals surface area contributed by atoms with Crippen LogP contribution < -0.4 is 4.74 Å². The van der Waals surface area contributed by atoms with Crippen molar-refractivity contribution in [3.63, 3.8) is 0 Å². The number of piperidine rings is 1. The van der Waals surface area contributed by atoms with E-state index in [4.69, 9.17) is 16.3 Å². The molecule has 26 heavy (non-hydrogen) atoms. The lowest BCUT2D eigenvalue weighted by molar-refractivity contribution is -0.139. The number of hydrogen-bond acceptors (Lipinski definition) is 3. The van der Waals surface area contributed by atoms with Gasteiger partial charge < -0.3 is 14.7 Å². The van der Waals surface area contributed by atoms with Crippen molar-refractivity contribution in [3.05, 3.63) is 64.9 Å². The number of nitrogens with zero attached hydrogens (tertiary/aromatic N) is 1. The van der Waals surface area contributed by atoms with Crippen LogP contribution in [0.2, 0.25) is 5.02 Å². The van der Waals surface area contributed by atoms with Gasteiger partial charge in [-0.05, 0) is 48.7 Å². The molecule has 2 aromatic carbocycles. The summed E-state index contributed by atoms with van der Waals surface area (Å²) in [6.07, 6.45) is 1.45. The Morgan fingerprint density at radius 2 is 2.04 bits per heavy atom. The predicted octanol–water partition coefficient (Wildman–Crippen LogP) is 3.45. The van der Waals surface area contributed by atoms with E-state index in [9.17, 15) is 14.3 Å². The minimum atomic E-state index is -1.10. The Balaban J connectivity index is 1.58. The summed E-state index contributed by atoms with van der Waals surface area (Å²) in [5.41, 5.74) is -0.348. The van der Waals surface area contributed by atoms with Gasteiger partial charge in [0.1, 0.15) is 23.8 Å². The number of aliphatic hydroxyl groups is 1. The van der Waals surface area contributed by atoms with Gasteiger partial charge in [-0.3, -0.25) is 4.79 Å². The molecule has 1 aliphatic rings. The number of β-amino-alcohol motifs (C(OH)–C–C–N with tert-alkyl or cyclic N) is 1. The monoisotopic (exact) mass is 377 g/mol. The van der Waals surface area contributed by atoms with E-state index in [2.05, 4.69) is 0 Å². The number of carbonyl (C=O) groups excluding carboxylic acids is 1. The molecule has 3 rings (SSSR count). The zero-order valence-corrected chi connectivity index (χ0v) is 15.1. The molecule has 1 fully saturated rings. The van der Waals surface area contributed by atoms with Crippen LogP contribution in [0.15, 0.2) is 48.5 Å². The minimum absolute atomic E-state index is 0.0857. The van der Waals surface area contributed by atoms with Gasteiger partial charge in [-0.15, -0.1) is 0 Å². The van der Waals surface area contributed by atoms with Gasteiger partial charge in [0.25, 0.3) is 0 Å². The van der Waals surface area contributed by atoms with Crippen molar-refractivity contribution >= 4 is 17.5 Å². The molecule has 1 aliphatic heterocycles. The van der Waals surface area contributed by atoms with Crippen LogP contribution >= 0.6 is 11.6 Å². The van der Waals surface area contributed by atoms with E-state index >= 15 is 0 Å². The summed E-state index contributed by atoms with van der Waals surface area (Å²) < 4.78 is 18.7. The van der Waals surface area contributed by atoms with Crippen LogP contribution in [0.1, 0.15) is 18.4 Å². The Kier molecular flexibility index (Phi) is 5.79. The number of amides is 1. The molecule has 2 aromatic rings. The first-order valence-corrected chi connectivity index (χ1v) is 8.94. The van der Waals surface area contributed by atoms with Gasteiger partial charge in [0.2, 0.25) is 5.91 Å². The van der Waals surface area contributed by atoms with Crippen molar-refractivity contribution < 1.29 is 19.0 Å².